The van der Waals surface area contributed by atoms with Gasteiger partial charge in [-0.25, -0.2) is 0 Å². The Hall–Kier alpha value is -1.20. The Morgan fingerprint density at radius 1 is 1.14 bits per heavy atom. The zero-order valence-corrected chi connectivity index (χ0v) is 17.3. The van der Waals surface area contributed by atoms with Gasteiger partial charge in [0.05, 0.1) is 19.3 Å². The van der Waals surface area contributed by atoms with Crippen molar-refractivity contribution in [3.8, 4) is 0 Å². The summed E-state index contributed by atoms with van der Waals surface area (Å²) < 4.78 is 5.31. The lowest BCUT2D eigenvalue weighted by Gasteiger charge is -2.33. The molecule has 0 spiro atoms. The molecular weight excluding hydrogens is 352 g/mol. The van der Waals surface area contributed by atoms with Crippen molar-refractivity contribution in [2.45, 2.75) is 75.2 Å². The van der Waals surface area contributed by atoms with Gasteiger partial charge in [0, 0.05) is 26.1 Å². The van der Waals surface area contributed by atoms with Gasteiger partial charge in [-0.15, -0.1) is 0 Å². The highest BCUT2D eigenvalue weighted by atomic mass is 16.5. The summed E-state index contributed by atoms with van der Waals surface area (Å²) >= 11 is 0. The fourth-order valence-electron chi connectivity index (χ4n) is 4.61. The number of carbonyl (C=O) groups excluding carboxylic acids is 2. The van der Waals surface area contributed by atoms with E-state index in [1.807, 2.05) is 0 Å². The maximum absolute atomic E-state index is 12.7. The van der Waals surface area contributed by atoms with Gasteiger partial charge in [0.2, 0.25) is 11.8 Å². The fraction of sp³-hybridized carbons (Fsp3) is 0.826. The van der Waals surface area contributed by atoms with Crippen molar-refractivity contribution in [3.05, 3.63) is 12.2 Å². The van der Waals surface area contributed by atoms with Gasteiger partial charge in [-0.1, -0.05) is 61.6 Å². The first-order valence-electron chi connectivity index (χ1n) is 9.78. The molecule has 2 aliphatic rings. The summed E-state index contributed by atoms with van der Waals surface area (Å²) in [5.74, 6) is -0.290. The van der Waals surface area contributed by atoms with E-state index < -0.39 is 0 Å². The number of amides is 2. The Bertz CT molecular complexity index is 543. The van der Waals surface area contributed by atoms with Gasteiger partial charge in [-0.2, -0.15) is 0 Å². The lowest BCUT2D eigenvalue weighted by Crippen LogP contribution is -2.38. The van der Waals surface area contributed by atoms with Gasteiger partial charge >= 0.3 is 0 Å². The molecule has 2 rings (SSSR count). The van der Waals surface area contributed by atoms with Crippen LogP contribution < -0.4 is 0 Å². The smallest absolute Gasteiger partial charge is 0.233 e. The second kappa shape index (κ2) is 10.5. The lowest BCUT2D eigenvalue weighted by atomic mass is 9.72. The summed E-state index contributed by atoms with van der Waals surface area (Å²) in [5.41, 5.74) is 1.50. The topological polar surface area (TPSA) is 49.9 Å². The Labute approximate surface area is 173 Å². The van der Waals surface area contributed by atoms with Gasteiger partial charge < -0.3 is 4.74 Å². The Morgan fingerprint density at radius 3 is 2.32 bits per heavy atom. The fourth-order valence-corrected chi connectivity index (χ4v) is 4.61. The van der Waals surface area contributed by atoms with Gasteiger partial charge in [0.25, 0.3) is 0 Å². The van der Waals surface area contributed by atoms with Crippen LogP contribution in [-0.2, 0) is 14.3 Å². The first kappa shape index (κ1) is 26.8. The minimum Gasteiger partial charge on any atom is -0.365 e. The second-order valence-electron chi connectivity index (χ2n) is 9.97. The van der Waals surface area contributed by atoms with E-state index in [4.69, 9.17) is 4.74 Å². The van der Waals surface area contributed by atoms with Crippen molar-refractivity contribution in [3.63, 3.8) is 0 Å². The average Bonchev–Trinajstić information content (AvgIpc) is 3.03. The number of carbonyl (C=O) groups is 2. The van der Waals surface area contributed by atoms with Crippen LogP contribution in [0, 0.1) is 16.7 Å². The predicted molar refractivity (Wildman–Crippen MR) is 117 cm³/mol. The molecule has 1 unspecified atom stereocenters. The van der Waals surface area contributed by atoms with Crippen LogP contribution in [0.2, 0.25) is 0 Å². The monoisotopic (exact) mass is 396 g/mol. The number of nitrogens with zero attached hydrogens (tertiary/aromatic N) is 2. The summed E-state index contributed by atoms with van der Waals surface area (Å²) in [6.45, 7) is 18.9. The highest BCUT2D eigenvalue weighted by Gasteiger charge is 2.39. The van der Waals surface area contributed by atoms with Gasteiger partial charge in [0.1, 0.15) is 0 Å². The van der Waals surface area contributed by atoms with Crippen molar-refractivity contribution < 1.29 is 14.3 Å². The maximum atomic E-state index is 12.7. The second-order valence-corrected chi connectivity index (χ2v) is 9.97. The SMILES string of the molecule is C.C.C=C(CC1CC(=O)N(CCN2CCOC2)C1=O)CC(C)(C)CC(C)(C)C. The molecule has 0 radical (unpaired) electrons. The molecule has 2 amide bonds. The number of likely N-dealkylation sites (tertiary alicyclic amines) is 1. The molecule has 0 aliphatic carbocycles. The van der Waals surface area contributed by atoms with Crippen LogP contribution in [0.15, 0.2) is 12.2 Å². The van der Waals surface area contributed by atoms with Gasteiger partial charge in [-0.3, -0.25) is 19.4 Å². The van der Waals surface area contributed by atoms with Crippen LogP contribution in [-0.4, -0.2) is 54.6 Å². The van der Waals surface area contributed by atoms with E-state index in [0.717, 1.165) is 31.6 Å². The van der Waals surface area contributed by atoms with Crippen LogP contribution in [0.1, 0.15) is 75.2 Å². The molecule has 2 heterocycles. The van der Waals surface area contributed by atoms with Crippen LogP contribution in [0.3, 0.4) is 0 Å². The number of imide groups is 1. The summed E-state index contributed by atoms with van der Waals surface area (Å²) in [6, 6.07) is 0. The summed E-state index contributed by atoms with van der Waals surface area (Å²) in [6.07, 6.45) is 2.95. The molecule has 2 aliphatic heterocycles. The Balaban J connectivity index is 0.00000364. The third kappa shape index (κ3) is 8.04. The quantitative estimate of drug-likeness (QED) is 0.440. The molecule has 5 heteroatoms. The number of rotatable bonds is 8. The van der Waals surface area contributed by atoms with Crippen molar-refractivity contribution in [2.24, 2.45) is 16.7 Å². The number of hydrogen-bond acceptors (Lipinski definition) is 4. The summed E-state index contributed by atoms with van der Waals surface area (Å²) in [7, 11) is 0. The van der Waals surface area contributed by atoms with E-state index in [1.54, 1.807) is 0 Å². The lowest BCUT2D eigenvalue weighted by molar-refractivity contribution is -0.139. The van der Waals surface area contributed by atoms with Gasteiger partial charge in [-0.05, 0) is 30.1 Å². The first-order valence-corrected chi connectivity index (χ1v) is 9.78. The van der Waals surface area contributed by atoms with Crippen LogP contribution in [0.4, 0.5) is 0 Å². The molecule has 0 N–H and O–H groups in total. The number of ether oxygens (including phenoxy) is 1. The molecule has 0 bridgehead atoms. The predicted octanol–water partition coefficient (Wildman–Crippen LogP) is 4.72. The Morgan fingerprint density at radius 2 is 1.79 bits per heavy atom. The van der Waals surface area contributed by atoms with Crippen molar-refractivity contribution in [1.82, 2.24) is 9.80 Å². The third-order valence-electron chi connectivity index (χ3n) is 5.08. The van der Waals surface area contributed by atoms with E-state index in [2.05, 4.69) is 46.1 Å². The van der Waals surface area contributed by atoms with E-state index in [0.29, 0.717) is 32.7 Å². The van der Waals surface area contributed by atoms with Crippen molar-refractivity contribution >= 4 is 11.8 Å². The third-order valence-corrected chi connectivity index (χ3v) is 5.08. The first-order chi connectivity index (χ1) is 12.0. The number of hydrogen-bond donors (Lipinski definition) is 0. The average molecular weight is 397 g/mol. The molecule has 0 aromatic rings. The zero-order chi connectivity index (χ0) is 19.5. The van der Waals surface area contributed by atoms with E-state index in [9.17, 15) is 9.59 Å². The minimum atomic E-state index is -0.227. The highest BCUT2D eigenvalue weighted by molar-refractivity contribution is 6.03. The van der Waals surface area contributed by atoms with E-state index in [-0.39, 0.29) is 43.4 Å². The standard InChI is InChI=1S/C21H36N2O3.2CH4/c1-16(13-21(5,6)14-20(2,3)4)11-17-12-18(24)23(19(17)25)8-7-22-9-10-26-15-22;;/h17H,1,7-15H2,2-6H3;2*1H4. The number of allylic oxidation sites excluding steroid dienone is 1. The molecule has 2 fully saturated rings. The maximum Gasteiger partial charge on any atom is 0.233 e. The zero-order valence-electron chi connectivity index (χ0n) is 17.3. The molecule has 1 atom stereocenters. The molecule has 164 valence electrons. The van der Waals surface area contributed by atoms with E-state index in [1.165, 1.54) is 4.90 Å². The molecular formula is C23H44N2O3. The normalized spacial score (nSPS) is 20.9. The molecule has 0 aromatic carbocycles. The molecule has 28 heavy (non-hydrogen) atoms. The Kier molecular flexibility index (Phi) is 10.1. The molecule has 2 saturated heterocycles. The van der Waals surface area contributed by atoms with Crippen LogP contribution in [0.5, 0.6) is 0 Å². The molecule has 0 aromatic heterocycles. The van der Waals surface area contributed by atoms with Crippen LogP contribution in [0.25, 0.3) is 0 Å². The summed E-state index contributed by atoms with van der Waals surface area (Å²) in [5, 5.41) is 0. The van der Waals surface area contributed by atoms with Crippen LogP contribution >= 0.6 is 0 Å². The van der Waals surface area contributed by atoms with Crippen molar-refractivity contribution in [2.75, 3.05) is 33.0 Å². The highest BCUT2D eigenvalue weighted by Crippen LogP contribution is 2.39. The molecule has 0 saturated carbocycles. The van der Waals surface area contributed by atoms with Gasteiger partial charge in [0.15, 0.2) is 0 Å². The summed E-state index contributed by atoms with van der Waals surface area (Å²) in [4.78, 5) is 28.5. The largest absolute Gasteiger partial charge is 0.365 e. The van der Waals surface area contributed by atoms with Crippen molar-refractivity contribution in [1.29, 1.82) is 0 Å². The van der Waals surface area contributed by atoms with E-state index >= 15 is 0 Å². The minimum absolute atomic E-state index is 0. The molecule has 5 nitrogen and oxygen atoms in total.